The number of aromatic amines is 1. The predicted molar refractivity (Wildman–Crippen MR) is 143 cm³/mol. The van der Waals surface area contributed by atoms with E-state index in [9.17, 15) is 24.6 Å². The Balaban J connectivity index is 1.53. The van der Waals surface area contributed by atoms with Gasteiger partial charge >= 0.3 is 5.97 Å². The van der Waals surface area contributed by atoms with Crippen LogP contribution in [0.4, 0.5) is 0 Å². The molecule has 0 fully saturated rings. The minimum atomic E-state index is -1.24. The maximum Gasteiger partial charge on any atom is 0.326 e. The smallest absolute Gasteiger partial charge is 0.326 e. The number of benzene rings is 3. The number of carboxylic acids is 1. The molecule has 0 radical (unpaired) electrons. The van der Waals surface area contributed by atoms with E-state index in [1.165, 1.54) is 12.1 Å². The maximum atomic E-state index is 13.4. The first kappa shape index (κ1) is 26.4. The molecule has 0 bridgehead atoms. The van der Waals surface area contributed by atoms with E-state index in [2.05, 4.69) is 15.6 Å². The van der Waals surface area contributed by atoms with Crippen molar-refractivity contribution in [1.82, 2.24) is 15.6 Å². The molecule has 3 atom stereocenters. The molecule has 0 aliphatic heterocycles. The highest BCUT2D eigenvalue weighted by atomic mass is 16.4. The van der Waals surface area contributed by atoms with Gasteiger partial charge in [0.1, 0.15) is 17.8 Å². The summed E-state index contributed by atoms with van der Waals surface area (Å²) in [6, 6.07) is 19.7. The van der Waals surface area contributed by atoms with Crippen LogP contribution in [0.2, 0.25) is 0 Å². The van der Waals surface area contributed by atoms with Gasteiger partial charge in [0.25, 0.3) is 0 Å². The van der Waals surface area contributed by atoms with Crippen LogP contribution in [0.1, 0.15) is 16.7 Å². The van der Waals surface area contributed by atoms with E-state index in [4.69, 9.17) is 5.73 Å². The summed E-state index contributed by atoms with van der Waals surface area (Å²) in [5.74, 6) is -2.32. The molecule has 9 heteroatoms. The normalized spacial score (nSPS) is 13.4. The van der Waals surface area contributed by atoms with Gasteiger partial charge < -0.3 is 31.6 Å². The molecule has 196 valence electrons. The number of carbonyl (C=O) groups is 3. The van der Waals surface area contributed by atoms with Gasteiger partial charge in [0, 0.05) is 29.9 Å². The monoisotopic (exact) mass is 514 g/mol. The summed E-state index contributed by atoms with van der Waals surface area (Å²) in [5.41, 5.74) is 9.34. The Morgan fingerprint density at radius 1 is 0.763 bits per heavy atom. The van der Waals surface area contributed by atoms with Crippen molar-refractivity contribution in [1.29, 1.82) is 0 Å². The third kappa shape index (κ3) is 6.77. The van der Waals surface area contributed by atoms with E-state index < -0.39 is 35.9 Å². The number of aromatic hydroxyl groups is 1. The van der Waals surface area contributed by atoms with Crippen molar-refractivity contribution in [2.45, 2.75) is 37.4 Å². The molecule has 0 spiro atoms. The number of nitrogens with two attached hydrogens (primary N) is 1. The molecular formula is C29H30N4O5. The van der Waals surface area contributed by atoms with Crippen LogP contribution < -0.4 is 16.4 Å². The molecule has 9 nitrogen and oxygen atoms in total. The average Bonchev–Trinajstić information content (AvgIpc) is 3.32. The highest BCUT2D eigenvalue weighted by Crippen LogP contribution is 2.19. The third-order valence-electron chi connectivity index (χ3n) is 6.36. The van der Waals surface area contributed by atoms with Crippen LogP contribution in [-0.4, -0.2) is 51.1 Å². The van der Waals surface area contributed by atoms with Crippen LogP contribution in [0.15, 0.2) is 85.1 Å². The number of rotatable bonds is 11. The summed E-state index contributed by atoms with van der Waals surface area (Å²) >= 11 is 0. The number of nitrogens with one attached hydrogen (secondary N) is 3. The molecule has 3 unspecified atom stereocenters. The van der Waals surface area contributed by atoms with Crippen LogP contribution in [0, 0.1) is 0 Å². The first-order chi connectivity index (χ1) is 18.3. The van der Waals surface area contributed by atoms with Crippen molar-refractivity contribution in [2.75, 3.05) is 0 Å². The number of aliphatic carboxylic acids is 1. The lowest BCUT2D eigenvalue weighted by Gasteiger charge is -2.23. The summed E-state index contributed by atoms with van der Waals surface area (Å²) in [6.07, 6.45) is 2.19. The third-order valence-corrected chi connectivity index (χ3v) is 6.36. The Morgan fingerprint density at radius 3 is 2.11 bits per heavy atom. The molecule has 0 aliphatic rings. The first-order valence-electron chi connectivity index (χ1n) is 12.3. The van der Waals surface area contributed by atoms with Crippen LogP contribution in [-0.2, 0) is 33.6 Å². The summed E-state index contributed by atoms with van der Waals surface area (Å²) in [6.45, 7) is 0. The summed E-state index contributed by atoms with van der Waals surface area (Å²) in [4.78, 5) is 41.6. The molecule has 7 N–H and O–H groups in total. The largest absolute Gasteiger partial charge is 0.508 e. The average molecular weight is 515 g/mol. The number of aromatic nitrogens is 1. The zero-order valence-corrected chi connectivity index (χ0v) is 20.6. The predicted octanol–water partition coefficient (Wildman–Crippen LogP) is 2.28. The number of amides is 2. The lowest BCUT2D eigenvalue weighted by Crippen LogP contribution is -2.55. The molecule has 3 aromatic carbocycles. The van der Waals surface area contributed by atoms with Gasteiger partial charge in [-0.05, 0) is 41.3 Å². The zero-order chi connectivity index (χ0) is 27.1. The van der Waals surface area contributed by atoms with Gasteiger partial charge in [0.05, 0.1) is 6.04 Å². The van der Waals surface area contributed by atoms with Crippen LogP contribution >= 0.6 is 0 Å². The topological polar surface area (TPSA) is 158 Å². The number of hydrogen-bond acceptors (Lipinski definition) is 5. The number of H-pyrrole nitrogens is 1. The van der Waals surface area contributed by atoms with Gasteiger partial charge in [-0.3, -0.25) is 9.59 Å². The number of phenols is 1. The van der Waals surface area contributed by atoms with Gasteiger partial charge in [-0.15, -0.1) is 0 Å². The molecular weight excluding hydrogens is 484 g/mol. The zero-order valence-electron chi connectivity index (χ0n) is 20.6. The molecule has 0 aliphatic carbocycles. The Labute approximate surface area is 219 Å². The van der Waals surface area contributed by atoms with Crippen LogP contribution in [0.25, 0.3) is 10.9 Å². The number of hydrogen-bond donors (Lipinski definition) is 6. The summed E-state index contributed by atoms with van der Waals surface area (Å²) in [7, 11) is 0. The number of para-hydroxylation sites is 1. The van der Waals surface area contributed by atoms with Gasteiger partial charge in [-0.25, -0.2) is 4.79 Å². The standard InChI is InChI=1S/C29H30N4O5/c30-23(14-18-6-2-1-3-7-18)27(35)32-25(16-20-17-31-24-9-5-4-8-22(20)24)28(36)33-26(29(37)38)15-19-10-12-21(34)13-11-19/h1-13,17,23,25-26,31,34H,14-16,30H2,(H,32,35)(H,33,36)(H,37,38). The van der Waals surface area contributed by atoms with E-state index in [0.29, 0.717) is 5.56 Å². The molecule has 1 aromatic heterocycles. The molecule has 4 rings (SSSR count). The maximum absolute atomic E-state index is 13.4. The van der Waals surface area contributed by atoms with E-state index in [1.807, 2.05) is 54.6 Å². The van der Waals surface area contributed by atoms with Crippen molar-refractivity contribution >= 4 is 28.7 Å². The fourth-order valence-electron chi connectivity index (χ4n) is 4.31. The molecule has 4 aromatic rings. The Hall–Kier alpha value is -4.63. The van der Waals surface area contributed by atoms with Crippen molar-refractivity contribution in [3.05, 3.63) is 102 Å². The fraction of sp³-hybridized carbons (Fsp3) is 0.207. The number of fused-ring (bicyclic) bond motifs is 1. The Kier molecular flexibility index (Phi) is 8.40. The van der Waals surface area contributed by atoms with E-state index in [1.54, 1.807) is 18.3 Å². The minimum absolute atomic E-state index is 0.00261. The van der Waals surface area contributed by atoms with Crippen molar-refractivity contribution in [2.24, 2.45) is 5.73 Å². The van der Waals surface area contributed by atoms with Crippen LogP contribution in [0.3, 0.4) is 0 Å². The number of phenolic OH excluding ortho intramolecular Hbond substituents is 1. The summed E-state index contributed by atoms with van der Waals surface area (Å²) < 4.78 is 0. The molecule has 1 heterocycles. The lowest BCUT2D eigenvalue weighted by atomic mass is 10.0. The van der Waals surface area contributed by atoms with Crippen molar-refractivity contribution in [3.8, 4) is 5.75 Å². The fourth-order valence-corrected chi connectivity index (χ4v) is 4.31. The van der Waals surface area contributed by atoms with Gasteiger partial charge in [-0.2, -0.15) is 0 Å². The highest BCUT2D eigenvalue weighted by Gasteiger charge is 2.29. The Bertz CT molecular complexity index is 1400. The van der Waals surface area contributed by atoms with Gasteiger partial charge in [0.15, 0.2) is 0 Å². The SMILES string of the molecule is NC(Cc1ccccc1)C(=O)NC(Cc1c[nH]c2ccccc12)C(=O)NC(Cc1ccc(O)cc1)C(=O)O. The van der Waals surface area contributed by atoms with E-state index >= 15 is 0 Å². The van der Waals surface area contributed by atoms with Crippen molar-refractivity contribution in [3.63, 3.8) is 0 Å². The minimum Gasteiger partial charge on any atom is -0.508 e. The van der Waals surface area contributed by atoms with E-state index in [-0.39, 0.29) is 25.0 Å². The Morgan fingerprint density at radius 2 is 1.39 bits per heavy atom. The number of carboxylic acid groups (broad SMARTS) is 1. The lowest BCUT2D eigenvalue weighted by molar-refractivity contribution is -0.142. The van der Waals surface area contributed by atoms with Gasteiger partial charge in [-0.1, -0.05) is 60.7 Å². The quantitative estimate of drug-likeness (QED) is 0.180. The van der Waals surface area contributed by atoms with Gasteiger partial charge in [0.2, 0.25) is 11.8 Å². The first-order valence-corrected chi connectivity index (χ1v) is 12.3. The molecule has 2 amide bonds. The second-order valence-electron chi connectivity index (χ2n) is 9.19. The highest BCUT2D eigenvalue weighted by molar-refractivity contribution is 5.93. The molecule has 38 heavy (non-hydrogen) atoms. The second-order valence-corrected chi connectivity index (χ2v) is 9.19. The van der Waals surface area contributed by atoms with E-state index in [0.717, 1.165) is 22.0 Å². The van der Waals surface area contributed by atoms with Crippen LogP contribution in [0.5, 0.6) is 5.75 Å². The summed E-state index contributed by atoms with van der Waals surface area (Å²) in [5, 5.41) is 25.5. The van der Waals surface area contributed by atoms with Crippen molar-refractivity contribution < 1.29 is 24.6 Å². The molecule has 0 saturated heterocycles. The molecule has 0 saturated carbocycles. The number of carbonyl (C=O) groups excluding carboxylic acids is 2. The second kappa shape index (κ2) is 12.1.